The van der Waals surface area contributed by atoms with Crippen molar-refractivity contribution in [3.8, 4) is 5.69 Å². The zero-order valence-electron chi connectivity index (χ0n) is 10.2. The molecule has 2 rings (SSSR count). The van der Waals surface area contributed by atoms with Crippen molar-refractivity contribution in [1.29, 1.82) is 0 Å². The molecule has 3 N–H and O–H groups in total. The molecule has 1 aromatic carbocycles. The lowest BCUT2D eigenvalue weighted by molar-refractivity contribution is -0.138. The Morgan fingerprint density at radius 3 is 2.95 bits per heavy atom. The van der Waals surface area contributed by atoms with Crippen LogP contribution in [0.1, 0.15) is 11.3 Å². The zero-order valence-corrected chi connectivity index (χ0v) is 11.0. The van der Waals surface area contributed by atoms with Crippen molar-refractivity contribution in [2.45, 2.75) is 19.4 Å². The molecule has 0 spiro atoms. The lowest BCUT2D eigenvalue weighted by Crippen LogP contribution is -2.32. The van der Waals surface area contributed by atoms with Crippen LogP contribution in [0.5, 0.6) is 0 Å². The Bertz CT molecular complexity index is 612. The first-order valence-electron chi connectivity index (χ1n) is 5.63. The first kappa shape index (κ1) is 13.5. The monoisotopic (exact) mass is 280 g/mol. The summed E-state index contributed by atoms with van der Waals surface area (Å²) in [6, 6.07) is 4.43. The molecule has 1 atom stereocenters. The van der Waals surface area contributed by atoms with Gasteiger partial charge in [-0.25, -0.2) is 4.68 Å². The lowest BCUT2D eigenvalue weighted by atomic mass is 10.2. The Morgan fingerprint density at radius 2 is 2.32 bits per heavy atom. The highest BCUT2D eigenvalue weighted by Crippen LogP contribution is 2.18. The van der Waals surface area contributed by atoms with Crippen LogP contribution in [0.2, 0.25) is 5.02 Å². The summed E-state index contributed by atoms with van der Waals surface area (Å²) in [4.78, 5) is 10.7. The molecular weight excluding hydrogens is 268 g/mol. The lowest BCUT2D eigenvalue weighted by Gasteiger charge is -2.05. The molecular formula is C12H13ClN4O2. The topological polar surface area (TPSA) is 94.0 Å². The molecule has 0 bridgehead atoms. The van der Waals surface area contributed by atoms with Crippen molar-refractivity contribution >= 4 is 17.6 Å². The van der Waals surface area contributed by atoms with E-state index in [-0.39, 0.29) is 6.42 Å². The summed E-state index contributed by atoms with van der Waals surface area (Å²) in [5.41, 5.74) is 7.77. The maximum absolute atomic E-state index is 10.7. The van der Waals surface area contributed by atoms with Gasteiger partial charge < -0.3 is 10.8 Å². The highest BCUT2D eigenvalue weighted by atomic mass is 35.5. The van der Waals surface area contributed by atoms with Crippen LogP contribution in [-0.4, -0.2) is 32.1 Å². The van der Waals surface area contributed by atoms with Crippen molar-refractivity contribution in [1.82, 2.24) is 15.0 Å². The highest BCUT2D eigenvalue weighted by molar-refractivity contribution is 6.30. The van der Waals surface area contributed by atoms with E-state index in [4.69, 9.17) is 22.4 Å². The second kappa shape index (κ2) is 5.38. The van der Waals surface area contributed by atoms with Crippen molar-refractivity contribution in [3.63, 3.8) is 0 Å². The van der Waals surface area contributed by atoms with Gasteiger partial charge in [-0.2, -0.15) is 0 Å². The van der Waals surface area contributed by atoms with Crippen LogP contribution in [0.15, 0.2) is 24.4 Å². The van der Waals surface area contributed by atoms with Gasteiger partial charge in [0.15, 0.2) is 0 Å². The Labute approximate surface area is 114 Å². The normalized spacial score (nSPS) is 12.4. The van der Waals surface area contributed by atoms with Crippen LogP contribution < -0.4 is 5.73 Å². The number of hydrogen-bond acceptors (Lipinski definition) is 4. The molecule has 7 heteroatoms. The van der Waals surface area contributed by atoms with Gasteiger partial charge in [-0.1, -0.05) is 16.8 Å². The van der Waals surface area contributed by atoms with E-state index in [0.29, 0.717) is 10.7 Å². The third kappa shape index (κ3) is 3.10. The average molecular weight is 281 g/mol. The zero-order chi connectivity index (χ0) is 14.0. The molecule has 1 unspecified atom stereocenters. The van der Waals surface area contributed by atoms with Crippen LogP contribution in [0.25, 0.3) is 5.69 Å². The number of carboxylic acid groups (broad SMARTS) is 1. The molecule has 0 aliphatic rings. The van der Waals surface area contributed by atoms with Gasteiger partial charge in [-0.15, -0.1) is 5.10 Å². The Kier molecular flexibility index (Phi) is 3.82. The molecule has 0 radical (unpaired) electrons. The summed E-state index contributed by atoms with van der Waals surface area (Å²) in [5.74, 6) is -1.06. The van der Waals surface area contributed by atoms with Crippen LogP contribution in [0.3, 0.4) is 0 Å². The number of benzene rings is 1. The minimum absolute atomic E-state index is 0.141. The van der Waals surface area contributed by atoms with Crippen molar-refractivity contribution in [3.05, 3.63) is 40.7 Å². The molecule has 2 aromatic rings. The Balaban J connectivity index is 2.23. The van der Waals surface area contributed by atoms with Gasteiger partial charge in [0.2, 0.25) is 0 Å². The standard InChI is InChI=1S/C12H13ClN4O2/c1-7-4-8(13)2-3-11(7)17-6-9(15-16-17)5-10(14)12(18)19/h2-4,6,10H,5,14H2,1H3,(H,18,19). The quantitative estimate of drug-likeness (QED) is 0.877. The number of carbonyl (C=O) groups is 1. The largest absolute Gasteiger partial charge is 0.480 e. The molecule has 100 valence electrons. The van der Waals surface area contributed by atoms with Gasteiger partial charge in [0.05, 0.1) is 17.6 Å². The number of aryl methyl sites for hydroxylation is 1. The van der Waals surface area contributed by atoms with Gasteiger partial charge in [-0.3, -0.25) is 4.79 Å². The molecule has 1 heterocycles. The summed E-state index contributed by atoms with van der Waals surface area (Å²) in [7, 11) is 0. The van der Waals surface area contributed by atoms with Crippen LogP contribution in [-0.2, 0) is 11.2 Å². The molecule has 0 saturated heterocycles. The minimum atomic E-state index is -1.06. The van der Waals surface area contributed by atoms with E-state index in [0.717, 1.165) is 11.3 Å². The van der Waals surface area contributed by atoms with Crippen LogP contribution in [0.4, 0.5) is 0 Å². The van der Waals surface area contributed by atoms with Gasteiger partial charge in [-0.05, 0) is 30.7 Å². The molecule has 0 fully saturated rings. The summed E-state index contributed by atoms with van der Waals surface area (Å²) in [6.45, 7) is 1.91. The van der Waals surface area contributed by atoms with Gasteiger partial charge in [0.25, 0.3) is 0 Å². The predicted molar refractivity (Wildman–Crippen MR) is 70.4 cm³/mol. The third-order valence-electron chi connectivity index (χ3n) is 2.69. The number of rotatable bonds is 4. The number of nitrogens with zero attached hydrogens (tertiary/aromatic N) is 3. The summed E-state index contributed by atoms with van der Waals surface area (Å²) in [6.07, 6.45) is 1.81. The fourth-order valence-electron chi connectivity index (χ4n) is 1.70. The Hall–Kier alpha value is -1.92. The number of hydrogen-bond donors (Lipinski definition) is 2. The number of halogens is 1. The fourth-order valence-corrected chi connectivity index (χ4v) is 1.92. The smallest absolute Gasteiger partial charge is 0.320 e. The predicted octanol–water partition coefficient (Wildman–Crippen LogP) is 1.18. The molecule has 0 saturated carbocycles. The summed E-state index contributed by atoms with van der Waals surface area (Å²) < 4.78 is 1.58. The van der Waals surface area contributed by atoms with Crippen LogP contribution >= 0.6 is 11.6 Å². The van der Waals surface area contributed by atoms with E-state index in [1.165, 1.54) is 0 Å². The molecule has 1 aromatic heterocycles. The highest BCUT2D eigenvalue weighted by Gasteiger charge is 2.15. The number of aliphatic carboxylic acids is 1. The Morgan fingerprint density at radius 1 is 1.58 bits per heavy atom. The van der Waals surface area contributed by atoms with Gasteiger partial charge >= 0.3 is 5.97 Å². The van der Waals surface area contributed by atoms with E-state index < -0.39 is 12.0 Å². The molecule has 6 nitrogen and oxygen atoms in total. The molecule has 19 heavy (non-hydrogen) atoms. The van der Waals surface area contributed by atoms with E-state index >= 15 is 0 Å². The average Bonchev–Trinajstić information content (AvgIpc) is 2.77. The third-order valence-corrected chi connectivity index (χ3v) is 2.93. The SMILES string of the molecule is Cc1cc(Cl)ccc1-n1cc(CC(N)C(=O)O)nn1. The van der Waals surface area contributed by atoms with Gasteiger partial charge in [0, 0.05) is 11.4 Å². The number of carboxylic acids is 1. The molecule has 0 aliphatic carbocycles. The summed E-state index contributed by atoms with van der Waals surface area (Å²) >= 11 is 5.89. The van der Waals surface area contributed by atoms with Gasteiger partial charge in [0.1, 0.15) is 6.04 Å². The second-order valence-corrected chi connectivity index (χ2v) is 4.67. The fraction of sp³-hybridized carbons (Fsp3) is 0.250. The van der Waals surface area contributed by atoms with E-state index in [9.17, 15) is 4.79 Å². The molecule has 0 amide bonds. The maximum Gasteiger partial charge on any atom is 0.320 e. The first-order valence-corrected chi connectivity index (χ1v) is 6.01. The molecule has 0 aliphatic heterocycles. The maximum atomic E-state index is 10.7. The van der Waals surface area contributed by atoms with Crippen molar-refractivity contribution < 1.29 is 9.90 Å². The first-order chi connectivity index (χ1) is 8.97. The second-order valence-electron chi connectivity index (χ2n) is 4.23. The van der Waals surface area contributed by atoms with E-state index in [1.807, 2.05) is 19.1 Å². The number of aromatic nitrogens is 3. The van der Waals surface area contributed by atoms with E-state index in [2.05, 4.69) is 10.3 Å². The van der Waals surface area contributed by atoms with Crippen molar-refractivity contribution in [2.24, 2.45) is 5.73 Å². The minimum Gasteiger partial charge on any atom is -0.480 e. The van der Waals surface area contributed by atoms with Crippen LogP contribution in [0, 0.1) is 6.92 Å². The number of nitrogens with two attached hydrogens (primary N) is 1. The van der Waals surface area contributed by atoms with Crippen molar-refractivity contribution in [2.75, 3.05) is 0 Å². The summed E-state index contributed by atoms with van der Waals surface area (Å²) in [5, 5.41) is 17.3. The van der Waals surface area contributed by atoms with E-state index in [1.54, 1.807) is 16.9 Å².